The zero-order valence-electron chi connectivity index (χ0n) is 14.7. The van der Waals surface area contributed by atoms with Gasteiger partial charge in [0, 0.05) is 25.0 Å². The second-order valence-corrected chi connectivity index (χ2v) is 7.16. The first-order chi connectivity index (χ1) is 10.8. The van der Waals surface area contributed by atoms with E-state index >= 15 is 0 Å². The largest absolute Gasteiger partial charge is 0.444 e. The number of hydrogen-bond donors (Lipinski definition) is 3. The van der Waals surface area contributed by atoms with Crippen molar-refractivity contribution in [3.8, 4) is 0 Å². The summed E-state index contributed by atoms with van der Waals surface area (Å²) in [4.78, 5) is 17.0. The molecule has 0 atom stereocenters. The zero-order valence-corrected chi connectivity index (χ0v) is 15.5. The number of carbonyl (C=O) groups is 1. The van der Waals surface area contributed by atoms with Crippen LogP contribution in [0.3, 0.4) is 0 Å². The maximum absolute atomic E-state index is 11.5. The van der Waals surface area contributed by atoms with Gasteiger partial charge in [-0.05, 0) is 51.1 Å². The van der Waals surface area contributed by atoms with E-state index < -0.39 is 5.60 Å². The van der Waals surface area contributed by atoms with Crippen molar-refractivity contribution in [3.63, 3.8) is 0 Å². The normalized spacial score (nSPS) is 12.0. The van der Waals surface area contributed by atoms with E-state index in [1.165, 1.54) is 10.4 Å². The number of carbonyl (C=O) groups excluding carboxylic acids is 1. The summed E-state index contributed by atoms with van der Waals surface area (Å²) >= 11 is 1.73. The molecule has 7 heteroatoms. The third-order valence-corrected chi connectivity index (χ3v) is 3.95. The highest BCUT2D eigenvalue weighted by atomic mass is 32.1. The zero-order chi connectivity index (χ0) is 17.3. The predicted molar refractivity (Wildman–Crippen MR) is 96.1 cm³/mol. The van der Waals surface area contributed by atoms with E-state index in [0.29, 0.717) is 6.54 Å². The number of ether oxygens (including phenoxy) is 1. The summed E-state index contributed by atoms with van der Waals surface area (Å²) in [5.41, 5.74) is 0.827. The third-order valence-electron chi connectivity index (χ3n) is 2.92. The van der Waals surface area contributed by atoms with Crippen LogP contribution in [-0.4, -0.2) is 37.8 Å². The van der Waals surface area contributed by atoms with Crippen LogP contribution in [0.15, 0.2) is 16.4 Å². The fourth-order valence-corrected chi connectivity index (χ4v) is 2.62. The van der Waals surface area contributed by atoms with Crippen molar-refractivity contribution >= 4 is 23.4 Å². The monoisotopic (exact) mass is 340 g/mol. The minimum Gasteiger partial charge on any atom is -0.444 e. The lowest BCUT2D eigenvalue weighted by Gasteiger charge is -2.19. The topological polar surface area (TPSA) is 74.8 Å². The molecule has 6 nitrogen and oxygen atoms in total. The molecule has 1 heterocycles. The van der Waals surface area contributed by atoms with Crippen LogP contribution < -0.4 is 16.0 Å². The molecule has 0 aliphatic carbocycles. The second kappa shape index (κ2) is 9.39. The Hall–Kier alpha value is -1.76. The third kappa shape index (κ3) is 8.44. The summed E-state index contributed by atoms with van der Waals surface area (Å²) in [5, 5.41) is 11.3. The summed E-state index contributed by atoms with van der Waals surface area (Å²) in [6, 6.07) is 2.11. The molecule has 130 valence electrons. The van der Waals surface area contributed by atoms with E-state index in [0.717, 1.165) is 25.5 Å². The Morgan fingerprint density at radius 2 is 1.96 bits per heavy atom. The standard InChI is InChI=1S/C16H28N4O2S/c1-12-7-10-23-13(12)11-20-14(17-5)18-8-6-9-19-15(21)22-16(2,3)4/h7,10H,6,8-9,11H2,1-5H3,(H,19,21)(H2,17,18,20). The molecule has 1 rings (SSSR count). The summed E-state index contributed by atoms with van der Waals surface area (Å²) < 4.78 is 5.17. The highest BCUT2D eigenvalue weighted by molar-refractivity contribution is 7.10. The number of hydrogen-bond acceptors (Lipinski definition) is 4. The molecule has 23 heavy (non-hydrogen) atoms. The quantitative estimate of drug-likeness (QED) is 0.423. The van der Waals surface area contributed by atoms with E-state index in [2.05, 4.69) is 39.3 Å². The summed E-state index contributed by atoms with van der Waals surface area (Å²) in [7, 11) is 1.75. The highest BCUT2D eigenvalue weighted by Crippen LogP contribution is 2.14. The number of aliphatic imine (C=N–C) groups is 1. The number of aryl methyl sites for hydroxylation is 1. The molecular weight excluding hydrogens is 312 g/mol. The van der Waals surface area contributed by atoms with Gasteiger partial charge in [0.1, 0.15) is 5.60 Å². The molecule has 0 saturated carbocycles. The molecule has 0 aromatic carbocycles. The molecular formula is C16H28N4O2S. The van der Waals surface area contributed by atoms with E-state index in [9.17, 15) is 4.79 Å². The number of thiophene rings is 1. The van der Waals surface area contributed by atoms with Crippen LogP contribution in [0.4, 0.5) is 4.79 Å². The van der Waals surface area contributed by atoms with Gasteiger partial charge in [0.2, 0.25) is 0 Å². The highest BCUT2D eigenvalue weighted by Gasteiger charge is 2.15. The van der Waals surface area contributed by atoms with E-state index in [1.54, 1.807) is 18.4 Å². The van der Waals surface area contributed by atoms with E-state index in [1.807, 2.05) is 20.8 Å². The Morgan fingerprint density at radius 1 is 1.26 bits per heavy atom. The molecule has 0 spiro atoms. The van der Waals surface area contributed by atoms with Crippen molar-refractivity contribution in [1.82, 2.24) is 16.0 Å². The van der Waals surface area contributed by atoms with Gasteiger partial charge in [0.25, 0.3) is 0 Å². The number of amides is 1. The lowest BCUT2D eigenvalue weighted by molar-refractivity contribution is 0.0527. The minimum absolute atomic E-state index is 0.381. The number of alkyl carbamates (subject to hydrolysis) is 1. The van der Waals surface area contributed by atoms with Gasteiger partial charge in [-0.15, -0.1) is 11.3 Å². The van der Waals surface area contributed by atoms with Crippen LogP contribution in [0.1, 0.15) is 37.6 Å². The lowest BCUT2D eigenvalue weighted by atomic mass is 10.2. The molecule has 0 saturated heterocycles. The Labute approximate surface area is 142 Å². The first-order valence-electron chi connectivity index (χ1n) is 7.76. The summed E-state index contributed by atoms with van der Waals surface area (Å²) in [6.07, 6.45) is 0.408. The van der Waals surface area contributed by atoms with Crippen molar-refractivity contribution in [2.45, 2.75) is 46.3 Å². The number of rotatable bonds is 6. The fourth-order valence-electron chi connectivity index (χ4n) is 1.77. The number of nitrogens with zero attached hydrogens (tertiary/aromatic N) is 1. The average Bonchev–Trinajstić information content (AvgIpc) is 2.85. The van der Waals surface area contributed by atoms with Gasteiger partial charge in [-0.3, -0.25) is 4.99 Å². The molecule has 3 N–H and O–H groups in total. The van der Waals surface area contributed by atoms with Gasteiger partial charge in [-0.2, -0.15) is 0 Å². The van der Waals surface area contributed by atoms with E-state index in [4.69, 9.17) is 4.74 Å². The van der Waals surface area contributed by atoms with Gasteiger partial charge in [0.05, 0.1) is 6.54 Å². The summed E-state index contributed by atoms with van der Waals surface area (Å²) in [5.74, 6) is 0.759. The fraction of sp³-hybridized carbons (Fsp3) is 0.625. The van der Waals surface area contributed by atoms with Crippen LogP contribution in [0.25, 0.3) is 0 Å². The maximum Gasteiger partial charge on any atom is 0.407 e. The maximum atomic E-state index is 11.5. The smallest absolute Gasteiger partial charge is 0.407 e. The average molecular weight is 340 g/mol. The Bertz CT molecular complexity index is 520. The van der Waals surface area contributed by atoms with Crippen molar-refractivity contribution in [2.75, 3.05) is 20.1 Å². The minimum atomic E-state index is -0.464. The SMILES string of the molecule is CN=C(NCCCNC(=O)OC(C)(C)C)NCc1sccc1C. The van der Waals surface area contributed by atoms with Crippen LogP contribution in [-0.2, 0) is 11.3 Å². The van der Waals surface area contributed by atoms with Crippen LogP contribution in [0, 0.1) is 6.92 Å². The van der Waals surface area contributed by atoms with Crippen molar-refractivity contribution < 1.29 is 9.53 Å². The van der Waals surface area contributed by atoms with Gasteiger partial charge < -0.3 is 20.7 Å². The van der Waals surface area contributed by atoms with Gasteiger partial charge in [-0.25, -0.2) is 4.79 Å². The molecule has 0 fully saturated rings. The van der Waals surface area contributed by atoms with Gasteiger partial charge >= 0.3 is 6.09 Å². The van der Waals surface area contributed by atoms with Gasteiger partial charge in [-0.1, -0.05) is 0 Å². The molecule has 1 amide bonds. The number of guanidine groups is 1. The van der Waals surface area contributed by atoms with Crippen molar-refractivity contribution in [1.29, 1.82) is 0 Å². The predicted octanol–water partition coefficient (Wildman–Crippen LogP) is 2.64. The molecule has 0 aliphatic rings. The van der Waals surface area contributed by atoms with Crippen LogP contribution >= 0.6 is 11.3 Å². The molecule has 0 aliphatic heterocycles. The molecule has 0 radical (unpaired) electrons. The first-order valence-corrected chi connectivity index (χ1v) is 8.64. The van der Waals surface area contributed by atoms with Crippen LogP contribution in [0.2, 0.25) is 0 Å². The first kappa shape index (κ1) is 19.3. The molecule has 1 aromatic rings. The second-order valence-electron chi connectivity index (χ2n) is 6.16. The molecule has 1 aromatic heterocycles. The van der Waals surface area contributed by atoms with Gasteiger partial charge in [0.15, 0.2) is 5.96 Å². The Balaban J connectivity index is 2.16. The van der Waals surface area contributed by atoms with Crippen LogP contribution in [0.5, 0.6) is 0 Å². The number of nitrogens with one attached hydrogen (secondary N) is 3. The van der Waals surface area contributed by atoms with Crippen molar-refractivity contribution in [2.24, 2.45) is 4.99 Å². The molecule has 0 unspecified atom stereocenters. The van der Waals surface area contributed by atoms with E-state index in [-0.39, 0.29) is 6.09 Å². The summed E-state index contributed by atoms with van der Waals surface area (Å²) in [6.45, 7) is 9.69. The molecule has 0 bridgehead atoms. The lowest BCUT2D eigenvalue weighted by Crippen LogP contribution is -2.39. The Morgan fingerprint density at radius 3 is 2.52 bits per heavy atom. The van der Waals surface area contributed by atoms with Crippen molar-refractivity contribution in [3.05, 3.63) is 21.9 Å². The Kier molecular flexibility index (Phi) is 7.88.